The van der Waals surface area contributed by atoms with Crippen molar-refractivity contribution in [2.45, 2.75) is 38.5 Å². The first-order valence-corrected chi connectivity index (χ1v) is 9.05. The summed E-state index contributed by atoms with van der Waals surface area (Å²) in [5.41, 5.74) is 0.0850. The number of carbonyl (C=O) groups is 2. The van der Waals surface area contributed by atoms with Crippen molar-refractivity contribution in [2.24, 2.45) is 11.3 Å². The van der Waals surface area contributed by atoms with Gasteiger partial charge in [0.2, 0.25) is 5.91 Å². The average Bonchev–Trinajstić information content (AvgIpc) is 2.97. The van der Waals surface area contributed by atoms with E-state index in [9.17, 15) is 9.59 Å². The monoisotopic (exact) mass is 389 g/mol. The van der Waals surface area contributed by atoms with E-state index < -0.39 is 5.41 Å². The third-order valence-corrected chi connectivity index (χ3v) is 6.06. The van der Waals surface area contributed by atoms with Crippen LogP contribution in [0.1, 0.15) is 25.8 Å². The van der Waals surface area contributed by atoms with E-state index in [4.69, 9.17) is 4.74 Å². The summed E-state index contributed by atoms with van der Waals surface area (Å²) in [5.74, 6) is 0.0500. The number of ketones is 1. The third kappa shape index (κ3) is 2.21. The van der Waals surface area contributed by atoms with Crippen LogP contribution in [-0.4, -0.2) is 35.0 Å². The van der Waals surface area contributed by atoms with E-state index >= 15 is 0 Å². The first kappa shape index (κ1) is 16.0. The highest BCUT2D eigenvalue weighted by atomic mass is 79.9. The van der Waals surface area contributed by atoms with Gasteiger partial charge in [-0.25, -0.2) is 0 Å². The predicted octanol–water partition coefficient (Wildman–Crippen LogP) is 3.10. The Bertz CT molecular complexity index is 739. The normalized spacial score (nSPS) is 33.7. The van der Waals surface area contributed by atoms with Crippen molar-refractivity contribution >= 4 is 27.6 Å². The molecule has 0 N–H and O–H groups in total. The summed E-state index contributed by atoms with van der Waals surface area (Å²) in [4.78, 5) is 27.3. The third-order valence-electron chi connectivity index (χ3n) is 5.53. The number of halogens is 1. The van der Waals surface area contributed by atoms with Gasteiger partial charge in [0.05, 0.1) is 17.6 Å². The quantitative estimate of drug-likeness (QED) is 0.780. The molecule has 3 aliphatic rings. The van der Waals surface area contributed by atoms with Crippen LogP contribution in [0.4, 0.5) is 0 Å². The second kappa shape index (κ2) is 5.27. The standard InChI is InChI=1S/C19H20BrNO3/c1-18(2)11-24-16-15-9-14(22)7-8-19(15,17(23)21(16)18)10-12-3-5-13(20)6-4-12/h3-8,15-16H,9-11H2,1-2H3/t15-,16-,19+/m1/s1. The van der Waals surface area contributed by atoms with Gasteiger partial charge < -0.3 is 9.64 Å². The summed E-state index contributed by atoms with van der Waals surface area (Å²) < 4.78 is 6.99. The van der Waals surface area contributed by atoms with E-state index in [1.54, 1.807) is 6.08 Å². The van der Waals surface area contributed by atoms with E-state index in [1.165, 1.54) is 0 Å². The summed E-state index contributed by atoms with van der Waals surface area (Å²) in [7, 11) is 0. The van der Waals surface area contributed by atoms with Gasteiger partial charge >= 0.3 is 0 Å². The molecule has 126 valence electrons. The average molecular weight is 390 g/mol. The van der Waals surface area contributed by atoms with Crippen LogP contribution < -0.4 is 0 Å². The molecule has 1 aromatic rings. The molecule has 1 aliphatic carbocycles. The molecule has 4 rings (SSSR count). The Kier molecular flexibility index (Phi) is 3.52. The van der Waals surface area contributed by atoms with Gasteiger partial charge in [-0.1, -0.05) is 34.1 Å². The first-order valence-electron chi connectivity index (χ1n) is 8.25. The molecule has 5 heteroatoms. The van der Waals surface area contributed by atoms with Crippen LogP contribution in [-0.2, 0) is 20.7 Å². The van der Waals surface area contributed by atoms with E-state index in [1.807, 2.05) is 49.1 Å². The minimum atomic E-state index is -0.676. The lowest BCUT2D eigenvalue weighted by molar-refractivity contribution is -0.138. The van der Waals surface area contributed by atoms with E-state index in [0.29, 0.717) is 19.4 Å². The van der Waals surface area contributed by atoms with Gasteiger partial charge in [-0.3, -0.25) is 9.59 Å². The molecule has 1 aromatic carbocycles. The second-order valence-corrected chi connectivity index (χ2v) is 8.56. The first-order chi connectivity index (χ1) is 11.3. The minimum absolute atomic E-state index is 0.0781. The van der Waals surface area contributed by atoms with Crippen LogP contribution in [0.2, 0.25) is 0 Å². The summed E-state index contributed by atoms with van der Waals surface area (Å²) in [6.45, 7) is 4.58. The lowest BCUT2D eigenvalue weighted by Gasteiger charge is -2.34. The lowest BCUT2D eigenvalue weighted by Crippen LogP contribution is -2.47. The van der Waals surface area contributed by atoms with Crippen molar-refractivity contribution in [3.05, 3.63) is 46.5 Å². The number of ether oxygens (including phenoxy) is 1. The summed E-state index contributed by atoms with van der Waals surface area (Å²) in [6, 6.07) is 8.03. The number of allylic oxidation sites excluding steroid dienone is 1. The predicted molar refractivity (Wildman–Crippen MR) is 93.2 cm³/mol. The van der Waals surface area contributed by atoms with E-state index in [2.05, 4.69) is 15.9 Å². The molecule has 0 saturated carbocycles. The van der Waals surface area contributed by atoms with Crippen molar-refractivity contribution in [3.8, 4) is 0 Å². The topological polar surface area (TPSA) is 46.6 Å². The maximum absolute atomic E-state index is 13.4. The Morgan fingerprint density at radius 2 is 1.96 bits per heavy atom. The molecular formula is C19H20BrNO3. The highest BCUT2D eigenvalue weighted by molar-refractivity contribution is 9.10. The zero-order valence-electron chi connectivity index (χ0n) is 13.8. The highest BCUT2D eigenvalue weighted by Crippen LogP contribution is 2.53. The van der Waals surface area contributed by atoms with Gasteiger partial charge in [0.25, 0.3) is 0 Å². The number of hydrogen-bond acceptors (Lipinski definition) is 3. The fourth-order valence-electron chi connectivity index (χ4n) is 4.31. The number of rotatable bonds is 2. The van der Waals surface area contributed by atoms with Crippen LogP contribution in [0.15, 0.2) is 40.9 Å². The molecule has 0 unspecified atom stereocenters. The Labute approximate surface area is 150 Å². The second-order valence-electron chi connectivity index (χ2n) is 7.64. The van der Waals surface area contributed by atoms with Crippen LogP contribution in [0.25, 0.3) is 0 Å². The molecule has 2 heterocycles. The van der Waals surface area contributed by atoms with E-state index in [-0.39, 0.29) is 29.4 Å². The summed E-state index contributed by atoms with van der Waals surface area (Å²) >= 11 is 3.45. The molecule has 0 aromatic heterocycles. The van der Waals surface area contributed by atoms with Crippen molar-refractivity contribution in [3.63, 3.8) is 0 Å². The number of carbonyl (C=O) groups excluding carboxylic acids is 2. The number of hydrogen-bond donors (Lipinski definition) is 0. The summed E-state index contributed by atoms with van der Waals surface area (Å²) in [5, 5.41) is 0. The molecular weight excluding hydrogens is 370 g/mol. The minimum Gasteiger partial charge on any atom is -0.355 e. The fourth-order valence-corrected chi connectivity index (χ4v) is 4.58. The van der Waals surface area contributed by atoms with Crippen molar-refractivity contribution < 1.29 is 14.3 Å². The largest absolute Gasteiger partial charge is 0.355 e. The van der Waals surface area contributed by atoms with Gasteiger partial charge in [-0.2, -0.15) is 0 Å². The summed E-state index contributed by atoms with van der Waals surface area (Å²) in [6.07, 6.45) is 4.10. The van der Waals surface area contributed by atoms with Gasteiger partial charge in [0.1, 0.15) is 6.23 Å². The molecule has 4 nitrogen and oxygen atoms in total. The van der Waals surface area contributed by atoms with Crippen LogP contribution in [0.3, 0.4) is 0 Å². The van der Waals surface area contributed by atoms with E-state index in [0.717, 1.165) is 10.0 Å². The smallest absolute Gasteiger partial charge is 0.236 e. The molecule has 2 saturated heterocycles. The van der Waals surface area contributed by atoms with Crippen LogP contribution >= 0.6 is 15.9 Å². The number of fused-ring (bicyclic) bond motifs is 3. The zero-order valence-corrected chi connectivity index (χ0v) is 15.4. The van der Waals surface area contributed by atoms with Crippen molar-refractivity contribution in [2.75, 3.05) is 6.61 Å². The molecule has 3 atom stereocenters. The van der Waals surface area contributed by atoms with Gasteiger partial charge in [-0.15, -0.1) is 0 Å². The Balaban J connectivity index is 1.78. The van der Waals surface area contributed by atoms with Gasteiger partial charge in [-0.05, 0) is 44.0 Å². The lowest BCUT2D eigenvalue weighted by atomic mass is 9.67. The Hall–Kier alpha value is -1.46. The highest BCUT2D eigenvalue weighted by Gasteiger charge is 2.65. The van der Waals surface area contributed by atoms with Gasteiger partial charge in [0.15, 0.2) is 5.78 Å². The Morgan fingerprint density at radius 1 is 1.25 bits per heavy atom. The maximum atomic E-state index is 13.4. The molecule has 0 spiro atoms. The number of nitrogens with zero attached hydrogens (tertiary/aromatic N) is 1. The fraction of sp³-hybridized carbons (Fsp3) is 0.474. The number of amides is 1. The van der Waals surface area contributed by atoms with Crippen molar-refractivity contribution in [1.82, 2.24) is 4.90 Å². The number of benzene rings is 1. The SMILES string of the molecule is CC1(C)CO[C@@H]2[C@H]3CC(=O)C=C[C@@]3(Cc3ccc(Br)cc3)C(=O)N21. The van der Waals surface area contributed by atoms with Crippen molar-refractivity contribution in [1.29, 1.82) is 0 Å². The molecule has 24 heavy (non-hydrogen) atoms. The molecule has 1 amide bonds. The molecule has 2 fully saturated rings. The molecule has 2 aliphatic heterocycles. The zero-order chi connectivity index (χ0) is 17.1. The van der Waals surface area contributed by atoms with Crippen LogP contribution in [0.5, 0.6) is 0 Å². The molecule has 0 bridgehead atoms. The maximum Gasteiger partial charge on any atom is 0.236 e. The Morgan fingerprint density at radius 3 is 2.67 bits per heavy atom. The molecule has 0 radical (unpaired) electrons. The van der Waals surface area contributed by atoms with Gasteiger partial charge in [0, 0.05) is 16.8 Å². The van der Waals surface area contributed by atoms with Crippen LogP contribution in [0, 0.1) is 11.3 Å².